The van der Waals surface area contributed by atoms with Crippen molar-refractivity contribution in [1.82, 2.24) is 0 Å². The molecule has 0 aromatic carbocycles. The van der Waals surface area contributed by atoms with E-state index in [0.29, 0.717) is 5.92 Å². The lowest BCUT2D eigenvalue weighted by Gasteiger charge is -2.32. The second-order valence-electron chi connectivity index (χ2n) is 7.38. The van der Waals surface area contributed by atoms with E-state index in [1.807, 2.05) is 33.1 Å². The Bertz CT molecular complexity index is 557. The van der Waals surface area contributed by atoms with Crippen LogP contribution >= 0.6 is 11.3 Å². The van der Waals surface area contributed by atoms with Crippen LogP contribution in [0.3, 0.4) is 0 Å². The highest BCUT2D eigenvalue weighted by Gasteiger charge is 2.53. The van der Waals surface area contributed by atoms with Crippen LogP contribution in [0, 0.1) is 0 Å². The van der Waals surface area contributed by atoms with Gasteiger partial charge in [-0.3, -0.25) is 0 Å². The average molecular weight is 322 g/mol. The molecule has 0 N–H and O–H groups in total. The topological polar surface area (TPSA) is 18.5 Å². The van der Waals surface area contributed by atoms with Gasteiger partial charge in [0.1, 0.15) is 5.73 Å². The fourth-order valence-corrected chi connectivity index (χ4v) is 4.09. The fourth-order valence-electron chi connectivity index (χ4n) is 3.05. The van der Waals surface area contributed by atoms with Crippen LogP contribution in [-0.4, -0.2) is 18.3 Å². The number of hydrogen-bond donors (Lipinski definition) is 0. The third-order valence-electron chi connectivity index (χ3n) is 5.18. The summed E-state index contributed by atoms with van der Waals surface area (Å²) in [5.74, 6) is 0.673. The minimum absolute atomic E-state index is 0.352. The molecule has 2 nitrogen and oxygen atoms in total. The molecule has 3 rings (SSSR count). The molecule has 22 heavy (non-hydrogen) atoms. The molecule has 5 heteroatoms. The predicted molar refractivity (Wildman–Crippen MR) is 90.7 cm³/mol. The van der Waals surface area contributed by atoms with Crippen molar-refractivity contribution in [3.63, 3.8) is 0 Å². The molecule has 2 aliphatic rings. The van der Waals surface area contributed by atoms with Crippen molar-refractivity contribution in [1.29, 1.82) is 0 Å². The van der Waals surface area contributed by atoms with Gasteiger partial charge in [-0.25, -0.2) is 4.39 Å². The highest BCUT2D eigenvalue weighted by molar-refractivity contribution is 7.10. The first-order valence-corrected chi connectivity index (χ1v) is 8.98. The molecule has 1 saturated heterocycles. The van der Waals surface area contributed by atoms with Gasteiger partial charge in [-0.15, -0.1) is 11.3 Å². The van der Waals surface area contributed by atoms with Gasteiger partial charge in [-0.2, -0.15) is 0 Å². The number of rotatable bonds is 3. The van der Waals surface area contributed by atoms with Crippen LogP contribution in [-0.2, 0) is 9.31 Å². The van der Waals surface area contributed by atoms with Gasteiger partial charge in [0.15, 0.2) is 0 Å². The molecule has 1 saturated carbocycles. The monoisotopic (exact) mass is 322 g/mol. The second-order valence-corrected chi connectivity index (χ2v) is 8.32. The van der Waals surface area contributed by atoms with Gasteiger partial charge in [-0.1, -0.05) is 12.8 Å². The van der Waals surface area contributed by atoms with Crippen molar-refractivity contribution in [2.45, 2.75) is 70.5 Å². The van der Waals surface area contributed by atoms with E-state index in [9.17, 15) is 4.39 Å². The highest BCUT2D eigenvalue weighted by Crippen LogP contribution is 2.40. The molecule has 0 radical (unpaired) electrons. The van der Waals surface area contributed by atoms with E-state index in [1.54, 1.807) is 17.4 Å². The molecule has 1 aliphatic heterocycles. The Balaban J connectivity index is 1.72. The maximum atomic E-state index is 14.5. The van der Waals surface area contributed by atoms with Crippen LogP contribution in [0.2, 0.25) is 0 Å². The Morgan fingerprint density at radius 2 is 1.82 bits per heavy atom. The molecule has 2 heterocycles. The van der Waals surface area contributed by atoms with E-state index in [1.165, 1.54) is 30.6 Å². The number of hydrogen-bond acceptors (Lipinski definition) is 3. The summed E-state index contributed by atoms with van der Waals surface area (Å²) in [4.78, 5) is 1.38. The van der Waals surface area contributed by atoms with Crippen LogP contribution in [0.5, 0.6) is 0 Å². The lowest BCUT2D eigenvalue weighted by Crippen LogP contribution is -2.41. The van der Waals surface area contributed by atoms with Crippen molar-refractivity contribution >= 4 is 24.5 Å². The zero-order valence-electron chi connectivity index (χ0n) is 13.8. The van der Waals surface area contributed by atoms with Gasteiger partial charge in [0.25, 0.3) is 0 Å². The SMILES string of the molecule is CC1(C)OB(C(F)=Cc2csc(C3CCCC3)c2)OC1(C)C. The number of halogens is 1. The third kappa shape index (κ3) is 3.03. The molecule has 2 fully saturated rings. The van der Waals surface area contributed by atoms with Gasteiger partial charge in [0.2, 0.25) is 0 Å². The highest BCUT2D eigenvalue weighted by atomic mass is 32.1. The molecule has 0 amide bonds. The average Bonchev–Trinajstić information content (AvgIpc) is 3.09. The Morgan fingerprint density at radius 1 is 1.23 bits per heavy atom. The van der Waals surface area contributed by atoms with Crippen LogP contribution in [0.4, 0.5) is 4.39 Å². The van der Waals surface area contributed by atoms with Crippen molar-refractivity contribution in [2.24, 2.45) is 0 Å². The van der Waals surface area contributed by atoms with E-state index in [2.05, 4.69) is 6.07 Å². The standard InChI is InChI=1S/C17H24BFO2S/c1-16(2)17(3,4)21-18(20-16)15(19)10-12-9-14(22-11-12)13-7-5-6-8-13/h9-11,13H,5-8H2,1-4H3. The van der Waals surface area contributed by atoms with Crippen molar-refractivity contribution in [3.05, 3.63) is 27.6 Å². The Labute approximate surface area is 136 Å². The minimum Gasteiger partial charge on any atom is -0.398 e. The van der Waals surface area contributed by atoms with Crippen LogP contribution < -0.4 is 0 Å². The van der Waals surface area contributed by atoms with Gasteiger partial charge in [-0.05, 0) is 69.5 Å². The van der Waals surface area contributed by atoms with Gasteiger partial charge >= 0.3 is 7.12 Å². The lowest BCUT2D eigenvalue weighted by atomic mass is 9.87. The molecule has 1 aromatic rings. The first-order valence-electron chi connectivity index (χ1n) is 8.10. The minimum atomic E-state index is -0.903. The second kappa shape index (κ2) is 5.77. The molecule has 0 unspecified atom stereocenters. The molecule has 0 atom stereocenters. The van der Waals surface area contributed by atoms with E-state index in [0.717, 1.165) is 5.56 Å². The summed E-state index contributed by atoms with van der Waals surface area (Å²) in [7, 11) is -0.903. The maximum absolute atomic E-state index is 14.5. The summed E-state index contributed by atoms with van der Waals surface area (Å²) in [6.07, 6.45) is 6.72. The lowest BCUT2D eigenvalue weighted by molar-refractivity contribution is 0.00578. The predicted octanol–water partition coefficient (Wildman–Crippen LogP) is 5.35. The number of thiophene rings is 1. The van der Waals surface area contributed by atoms with Gasteiger partial charge in [0, 0.05) is 4.88 Å². The van der Waals surface area contributed by atoms with Crippen LogP contribution in [0.15, 0.2) is 17.2 Å². The smallest absolute Gasteiger partial charge is 0.398 e. The summed E-state index contributed by atoms with van der Waals surface area (Å²) < 4.78 is 26.0. The summed E-state index contributed by atoms with van der Waals surface area (Å²) in [6, 6.07) is 2.12. The van der Waals surface area contributed by atoms with Crippen molar-refractivity contribution in [3.8, 4) is 0 Å². The summed E-state index contributed by atoms with van der Waals surface area (Å²) in [5, 5.41) is 2.03. The molecular formula is C17H24BFO2S. The zero-order chi connectivity index (χ0) is 16.0. The van der Waals surface area contributed by atoms with Gasteiger partial charge < -0.3 is 9.31 Å². The van der Waals surface area contributed by atoms with E-state index >= 15 is 0 Å². The molecule has 1 aromatic heterocycles. The van der Waals surface area contributed by atoms with Crippen molar-refractivity contribution < 1.29 is 13.7 Å². The van der Waals surface area contributed by atoms with Gasteiger partial charge in [0.05, 0.1) is 11.2 Å². The summed E-state index contributed by atoms with van der Waals surface area (Å²) in [5.41, 5.74) is -0.451. The Hall–Kier alpha value is -0.645. The van der Waals surface area contributed by atoms with E-state index in [4.69, 9.17) is 9.31 Å². The maximum Gasteiger partial charge on any atom is 0.525 e. The van der Waals surface area contributed by atoms with Crippen LogP contribution in [0.1, 0.15) is 69.7 Å². The van der Waals surface area contributed by atoms with Crippen LogP contribution in [0.25, 0.3) is 6.08 Å². The Kier molecular flexibility index (Phi) is 4.25. The van der Waals surface area contributed by atoms with E-state index in [-0.39, 0.29) is 5.73 Å². The zero-order valence-corrected chi connectivity index (χ0v) is 14.6. The van der Waals surface area contributed by atoms with E-state index < -0.39 is 18.3 Å². The fraction of sp³-hybridized carbons (Fsp3) is 0.647. The molecule has 120 valence electrons. The first-order chi connectivity index (χ1) is 10.3. The summed E-state index contributed by atoms with van der Waals surface area (Å²) >= 11 is 1.74. The molecule has 0 bridgehead atoms. The molecular weight excluding hydrogens is 298 g/mol. The first kappa shape index (κ1) is 16.2. The third-order valence-corrected chi connectivity index (χ3v) is 6.29. The quantitative estimate of drug-likeness (QED) is 0.699. The summed E-state index contributed by atoms with van der Waals surface area (Å²) in [6.45, 7) is 7.73. The largest absolute Gasteiger partial charge is 0.525 e. The molecule has 1 aliphatic carbocycles. The van der Waals surface area contributed by atoms with Crippen molar-refractivity contribution in [2.75, 3.05) is 0 Å². The normalized spacial score (nSPS) is 25.1. The Morgan fingerprint density at radius 3 is 2.41 bits per heavy atom. The molecule has 0 spiro atoms.